The number of amides is 1. The summed E-state index contributed by atoms with van der Waals surface area (Å²) in [7, 11) is 0. The van der Waals surface area contributed by atoms with E-state index >= 15 is 0 Å². The highest BCUT2D eigenvalue weighted by molar-refractivity contribution is 8.00. The summed E-state index contributed by atoms with van der Waals surface area (Å²) >= 11 is 3.10. The van der Waals surface area contributed by atoms with E-state index in [-0.39, 0.29) is 16.8 Å². The number of benzene rings is 1. The molecular formula is C16H18N2O3S2. The molecule has 0 aliphatic heterocycles. The van der Waals surface area contributed by atoms with Gasteiger partial charge >= 0.3 is 0 Å². The smallest absolute Gasteiger partial charge is 0.269 e. The lowest BCUT2D eigenvalue weighted by Gasteiger charge is -2.11. The van der Waals surface area contributed by atoms with E-state index in [1.165, 1.54) is 28.8 Å². The first kappa shape index (κ1) is 17.5. The molecule has 122 valence electrons. The highest BCUT2D eigenvalue weighted by Gasteiger charge is 2.15. The molecule has 0 saturated heterocycles. The van der Waals surface area contributed by atoms with Crippen molar-refractivity contribution in [1.82, 2.24) is 5.32 Å². The molecule has 2 aromatic rings. The zero-order chi connectivity index (χ0) is 16.8. The lowest BCUT2D eigenvalue weighted by atomic mass is 10.3. The number of nitro groups is 1. The third kappa shape index (κ3) is 5.07. The van der Waals surface area contributed by atoms with E-state index in [4.69, 9.17) is 0 Å². The van der Waals surface area contributed by atoms with Crippen molar-refractivity contribution >= 4 is 34.7 Å². The average Bonchev–Trinajstić information content (AvgIpc) is 3.01. The number of carbonyl (C=O) groups excluding carboxylic acids is 1. The van der Waals surface area contributed by atoms with Gasteiger partial charge < -0.3 is 5.32 Å². The fraction of sp³-hybridized carbons (Fsp3) is 0.312. The number of thiophene rings is 1. The van der Waals surface area contributed by atoms with Gasteiger partial charge in [-0.05, 0) is 37.6 Å². The summed E-state index contributed by atoms with van der Waals surface area (Å²) in [4.78, 5) is 25.6. The minimum atomic E-state index is -0.434. The summed E-state index contributed by atoms with van der Waals surface area (Å²) in [6.45, 7) is 4.47. The molecule has 0 fully saturated rings. The van der Waals surface area contributed by atoms with Crippen LogP contribution in [0.1, 0.15) is 23.6 Å². The van der Waals surface area contributed by atoms with Crippen LogP contribution in [0.2, 0.25) is 0 Å². The molecular weight excluding hydrogens is 332 g/mol. The van der Waals surface area contributed by atoms with Gasteiger partial charge in [0.1, 0.15) is 0 Å². The van der Waals surface area contributed by atoms with Crippen LogP contribution in [0.15, 0.2) is 41.3 Å². The van der Waals surface area contributed by atoms with Crippen LogP contribution in [0.3, 0.4) is 0 Å². The van der Waals surface area contributed by atoms with Gasteiger partial charge in [-0.2, -0.15) is 0 Å². The van der Waals surface area contributed by atoms with Crippen molar-refractivity contribution < 1.29 is 9.72 Å². The largest absolute Gasteiger partial charge is 0.350 e. The lowest BCUT2D eigenvalue weighted by molar-refractivity contribution is -0.384. The van der Waals surface area contributed by atoms with Crippen molar-refractivity contribution in [3.63, 3.8) is 0 Å². The Bertz CT molecular complexity index is 683. The summed E-state index contributed by atoms with van der Waals surface area (Å²) in [5, 5.41) is 13.3. The van der Waals surface area contributed by atoms with Crippen molar-refractivity contribution in [2.45, 2.75) is 37.0 Å². The van der Waals surface area contributed by atoms with Crippen LogP contribution in [-0.2, 0) is 17.8 Å². The van der Waals surface area contributed by atoms with Gasteiger partial charge in [0.15, 0.2) is 0 Å². The van der Waals surface area contributed by atoms with Crippen LogP contribution in [-0.4, -0.2) is 16.1 Å². The van der Waals surface area contributed by atoms with Gasteiger partial charge in [0.25, 0.3) is 5.69 Å². The highest BCUT2D eigenvalue weighted by atomic mass is 32.2. The molecule has 7 heteroatoms. The molecule has 1 aromatic carbocycles. The number of nitro benzene ring substituents is 1. The van der Waals surface area contributed by atoms with Crippen LogP contribution in [0, 0.1) is 10.1 Å². The molecule has 2 rings (SSSR count). The predicted molar refractivity (Wildman–Crippen MR) is 94.0 cm³/mol. The molecule has 1 amide bonds. The van der Waals surface area contributed by atoms with Gasteiger partial charge in [-0.1, -0.05) is 6.92 Å². The van der Waals surface area contributed by atoms with Crippen LogP contribution < -0.4 is 5.32 Å². The summed E-state index contributed by atoms with van der Waals surface area (Å²) < 4.78 is 0. The summed E-state index contributed by atoms with van der Waals surface area (Å²) in [6.07, 6.45) is 1.00. The van der Waals surface area contributed by atoms with Crippen molar-refractivity contribution in [3.8, 4) is 0 Å². The normalized spacial score (nSPS) is 11.9. The first-order chi connectivity index (χ1) is 11.0. The Hall–Kier alpha value is -1.86. The lowest BCUT2D eigenvalue weighted by Crippen LogP contribution is -2.30. The highest BCUT2D eigenvalue weighted by Crippen LogP contribution is 2.25. The maximum absolute atomic E-state index is 12.1. The van der Waals surface area contributed by atoms with Gasteiger partial charge in [-0.3, -0.25) is 14.9 Å². The van der Waals surface area contributed by atoms with E-state index in [0.29, 0.717) is 6.54 Å². The number of hydrogen-bond donors (Lipinski definition) is 1. The second-order valence-electron chi connectivity index (χ2n) is 4.95. The minimum absolute atomic E-state index is 0.0419. The molecule has 1 atom stereocenters. The van der Waals surface area contributed by atoms with E-state index in [9.17, 15) is 14.9 Å². The molecule has 0 radical (unpaired) electrons. The van der Waals surface area contributed by atoms with Crippen LogP contribution in [0.4, 0.5) is 5.69 Å². The van der Waals surface area contributed by atoms with E-state index < -0.39 is 4.92 Å². The zero-order valence-electron chi connectivity index (χ0n) is 12.9. The second-order valence-corrected chi connectivity index (χ2v) is 7.62. The van der Waals surface area contributed by atoms with Gasteiger partial charge in [-0.15, -0.1) is 23.1 Å². The summed E-state index contributed by atoms with van der Waals surface area (Å²) in [6, 6.07) is 10.4. The third-order valence-corrected chi connectivity index (χ3v) is 5.57. The number of carbonyl (C=O) groups is 1. The molecule has 0 saturated carbocycles. The SMILES string of the molecule is CCc1ccc(CNC(=O)C(C)Sc2ccc([N+](=O)[O-])cc2)s1. The molecule has 1 heterocycles. The Labute approximate surface area is 143 Å². The molecule has 0 spiro atoms. The molecule has 1 N–H and O–H groups in total. The minimum Gasteiger partial charge on any atom is -0.350 e. The van der Waals surface area contributed by atoms with E-state index in [2.05, 4.69) is 18.3 Å². The molecule has 1 aromatic heterocycles. The molecule has 1 unspecified atom stereocenters. The van der Waals surface area contributed by atoms with Crippen LogP contribution in [0.5, 0.6) is 0 Å². The standard InChI is InChI=1S/C16H18N2O3S2/c1-3-13-8-9-15(23-13)10-17-16(19)11(2)22-14-6-4-12(5-7-14)18(20)21/h4-9,11H,3,10H2,1-2H3,(H,17,19). The summed E-state index contributed by atoms with van der Waals surface area (Å²) in [5.41, 5.74) is 0.0517. The van der Waals surface area contributed by atoms with E-state index in [1.54, 1.807) is 23.5 Å². The van der Waals surface area contributed by atoms with Crippen molar-refractivity contribution in [3.05, 3.63) is 56.3 Å². The van der Waals surface area contributed by atoms with Crippen molar-refractivity contribution in [1.29, 1.82) is 0 Å². The van der Waals surface area contributed by atoms with Gasteiger partial charge in [0, 0.05) is 26.8 Å². The van der Waals surface area contributed by atoms with Gasteiger partial charge in [-0.25, -0.2) is 0 Å². The number of non-ortho nitro benzene ring substituents is 1. The Balaban J connectivity index is 1.85. The number of aryl methyl sites for hydroxylation is 1. The number of nitrogens with one attached hydrogen (secondary N) is 1. The number of hydrogen-bond acceptors (Lipinski definition) is 5. The first-order valence-electron chi connectivity index (χ1n) is 7.26. The van der Waals surface area contributed by atoms with E-state index in [0.717, 1.165) is 16.2 Å². The number of rotatable bonds is 7. The Morgan fingerprint density at radius 1 is 1.26 bits per heavy atom. The van der Waals surface area contributed by atoms with Crippen molar-refractivity contribution in [2.24, 2.45) is 0 Å². The quantitative estimate of drug-likeness (QED) is 0.465. The molecule has 0 aliphatic carbocycles. The predicted octanol–water partition coefficient (Wildman–Crippen LogP) is 4.02. The van der Waals surface area contributed by atoms with Crippen LogP contribution in [0.25, 0.3) is 0 Å². The summed E-state index contributed by atoms with van der Waals surface area (Å²) in [5.74, 6) is -0.0419. The maximum atomic E-state index is 12.1. The van der Waals surface area contributed by atoms with E-state index in [1.807, 2.05) is 13.0 Å². The maximum Gasteiger partial charge on any atom is 0.269 e. The Kier molecular flexibility index (Phi) is 6.18. The zero-order valence-corrected chi connectivity index (χ0v) is 14.6. The van der Waals surface area contributed by atoms with Crippen LogP contribution >= 0.6 is 23.1 Å². The fourth-order valence-corrected chi connectivity index (χ4v) is 3.72. The molecule has 0 bridgehead atoms. The monoisotopic (exact) mass is 350 g/mol. The second kappa shape index (κ2) is 8.12. The molecule has 5 nitrogen and oxygen atoms in total. The topological polar surface area (TPSA) is 72.2 Å². The fourth-order valence-electron chi connectivity index (χ4n) is 1.93. The van der Waals surface area contributed by atoms with Gasteiger partial charge in [0.2, 0.25) is 5.91 Å². The first-order valence-corrected chi connectivity index (χ1v) is 8.95. The number of nitrogens with zero attached hydrogens (tertiary/aromatic N) is 1. The molecule has 23 heavy (non-hydrogen) atoms. The average molecular weight is 350 g/mol. The third-order valence-electron chi connectivity index (χ3n) is 3.23. The number of thioether (sulfide) groups is 1. The molecule has 0 aliphatic rings. The van der Waals surface area contributed by atoms with Gasteiger partial charge in [0.05, 0.1) is 16.7 Å². The Morgan fingerprint density at radius 2 is 1.91 bits per heavy atom. The Morgan fingerprint density at radius 3 is 2.48 bits per heavy atom. The van der Waals surface area contributed by atoms with Crippen molar-refractivity contribution in [2.75, 3.05) is 0 Å².